The van der Waals surface area contributed by atoms with Crippen LogP contribution in [-0.2, 0) is 0 Å². The number of anilines is 1. The van der Waals surface area contributed by atoms with Crippen LogP contribution in [0, 0.1) is 0 Å². The second-order valence-corrected chi connectivity index (χ2v) is 9.54. The number of nitrogens with one attached hydrogen (secondary N) is 2. The third kappa shape index (κ3) is 4.16. The lowest BCUT2D eigenvalue weighted by molar-refractivity contribution is 0.160. The van der Waals surface area contributed by atoms with Crippen LogP contribution in [0.2, 0.25) is 0 Å². The van der Waals surface area contributed by atoms with E-state index in [1.807, 2.05) is 24.3 Å². The summed E-state index contributed by atoms with van der Waals surface area (Å²) in [6.07, 6.45) is 5.45. The summed E-state index contributed by atoms with van der Waals surface area (Å²) in [4.78, 5) is 9.37. The zero-order valence-corrected chi connectivity index (χ0v) is 18.3. The second-order valence-electron chi connectivity index (χ2n) is 9.54. The lowest BCUT2D eigenvalue weighted by atomic mass is 9.79. The van der Waals surface area contributed by atoms with Gasteiger partial charge in [0, 0.05) is 35.3 Å². The Kier molecular flexibility index (Phi) is 5.02. The van der Waals surface area contributed by atoms with Crippen LogP contribution in [0.25, 0.3) is 22.5 Å². The predicted molar refractivity (Wildman–Crippen MR) is 119 cm³/mol. The molecule has 0 unspecified atom stereocenters. The molecule has 0 atom stereocenters. The maximum absolute atomic E-state index is 10.4. The Hall–Kier alpha value is -2.93. The van der Waals surface area contributed by atoms with Crippen molar-refractivity contribution in [1.29, 1.82) is 0 Å². The highest BCUT2D eigenvalue weighted by Gasteiger charge is 2.39. The van der Waals surface area contributed by atoms with E-state index in [4.69, 9.17) is 0 Å². The third-order valence-electron chi connectivity index (χ3n) is 5.81. The number of nitrogens with zero attached hydrogens (tertiary/aromatic N) is 4. The largest absolute Gasteiger partial charge is 0.507 e. The summed E-state index contributed by atoms with van der Waals surface area (Å²) < 4.78 is 0. The molecule has 0 saturated carbocycles. The van der Waals surface area contributed by atoms with Crippen LogP contribution < -0.4 is 10.2 Å². The van der Waals surface area contributed by atoms with Crippen molar-refractivity contribution in [3.8, 4) is 28.3 Å². The van der Waals surface area contributed by atoms with Gasteiger partial charge in [-0.15, -0.1) is 10.2 Å². The Bertz CT molecular complexity index is 995. The van der Waals surface area contributed by atoms with Gasteiger partial charge in [0.25, 0.3) is 0 Å². The van der Waals surface area contributed by atoms with Crippen LogP contribution in [0.4, 0.5) is 5.82 Å². The number of phenolic OH excluding ortho intramolecular Hbond substituents is 1. The number of imidazole rings is 1. The van der Waals surface area contributed by atoms with Gasteiger partial charge in [0.05, 0.1) is 23.9 Å². The van der Waals surface area contributed by atoms with Crippen molar-refractivity contribution in [3.63, 3.8) is 0 Å². The lowest BCUT2D eigenvalue weighted by Gasteiger charge is -2.49. The number of aromatic nitrogens is 4. The van der Waals surface area contributed by atoms with Gasteiger partial charge in [-0.2, -0.15) is 0 Å². The maximum Gasteiger partial charge on any atom is 0.151 e. The fraction of sp³-hybridized carbons (Fsp3) is 0.435. The molecule has 1 aliphatic heterocycles. The minimum Gasteiger partial charge on any atom is -0.507 e. The molecule has 1 fully saturated rings. The van der Waals surface area contributed by atoms with E-state index < -0.39 is 0 Å². The van der Waals surface area contributed by atoms with Crippen LogP contribution >= 0.6 is 0 Å². The van der Waals surface area contributed by atoms with E-state index in [0.29, 0.717) is 17.3 Å². The summed E-state index contributed by atoms with van der Waals surface area (Å²) in [6, 6.07) is 9.69. The number of aromatic amines is 1. The average Bonchev–Trinajstić information content (AvgIpc) is 3.20. The normalized spacial score (nSPS) is 18.3. The summed E-state index contributed by atoms with van der Waals surface area (Å²) in [6.45, 7) is 9.00. The van der Waals surface area contributed by atoms with Crippen LogP contribution in [0.15, 0.2) is 42.9 Å². The van der Waals surface area contributed by atoms with E-state index in [-0.39, 0.29) is 16.8 Å². The second kappa shape index (κ2) is 7.40. The van der Waals surface area contributed by atoms with Crippen LogP contribution in [0.3, 0.4) is 0 Å². The monoisotopic (exact) mass is 406 g/mol. The van der Waals surface area contributed by atoms with E-state index in [2.05, 4.69) is 65.1 Å². The molecule has 3 heterocycles. The van der Waals surface area contributed by atoms with Crippen molar-refractivity contribution in [3.05, 3.63) is 42.9 Å². The molecular weight excluding hydrogens is 376 g/mol. The molecule has 4 rings (SSSR count). The van der Waals surface area contributed by atoms with Gasteiger partial charge in [0.15, 0.2) is 5.82 Å². The fourth-order valence-electron chi connectivity index (χ4n) is 4.71. The molecular formula is C23H30N6O. The molecule has 1 saturated heterocycles. The summed E-state index contributed by atoms with van der Waals surface area (Å²) in [5.74, 6) is 1.01. The van der Waals surface area contributed by atoms with E-state index >= 15 is 0 Å². The molecule has 2 aromatic heterocycles. The van der Waals surface area contributed by atoms with Gasteiger partial charge in [0.1, 0.15) is 5.75 Å². The first kappa shape index (κ1) is 20.3. The fourth-order valence-corrected chi connectivity index (χ4v) is 4.71. The highest BCUT2D eigenvalue weighted by Crippen LogP contribution is 2.34. The van der Waals surface area contributed by atoms with Gasteiger partial charge >= 0.3 is 0 Å². The van der Waals surface area contributed by atoms with Gasteiger partial charge in [-0.1, -0.05) is 0 Å². The number of hydrogen-bond acceptors (Lipinski definition) is 6. The Balaban J connectivity index is 1.58. The van der Waals surface area contributed by atoms with Crippen molar-refractivity contribution in [1.82, 2.24) is 25.5 Å². The number of piperidine rings is 1. The van der Waals surface area contributed by atoms with Gasteiger partial charge in [-0.25, -0.2) is 4.98 Å². The predicted octanol–water partition coefficient (Wildman–Crippen LogP) is 3.98. The van der Waals surface area contributed by atoms with Crippen molar-refractivity contribution < 1.29 is 5.11 Å². The van der Waals surface area contributed by atoms with Gasteiger partial charge < -0.3 is 20.3 Å². The van der Waals surface area contributed by atoms with Crippen molar-refractivity contribution in [2.45, 2.75) is 57.7 Å². The van der Waals surface area contributed by atoms with E-state index in [1.54, 1.807) is 18.6 Å². The van der Waals surface area contributed by atoms with E-state index in [9.17, 15) is 5.11 Å². The third-order valence-corrected chi connectivity index (χ3v) is 5.81. The Morgan fingerprint density at radius 3 is 2.37 bits per heavy atom. The standard InChI is InChI=1S/C23H30N6O/c1-22(2)11-16(12-23(3,4)28-22)29(5)21-9-7-18(26-27-21)17-10-15(6-8-20(17)30)19-13-24-14-25-19/h6-10,13-14,16,28,30H,11-12H2,1-5H3,(H,24,25). The molecule has 1 aromatic carbocycles. The van der Waals surface area contributed by atoms with Gasteiger partial charge in [-0.05, 0) is 70.9 Å². The van der Waals surface area contributed by atoms with Gasteiger partial charge in [0.2, 0.25) is 0 Å². The molecule has 30 heavy (non-hydrogen) atoms. The summed E-state index contributed by atoms with van der Waals surface area (Å²) in [5.41, 5.74) is 3.23. The quantitative estimate of drug-likeness (QED) is 0.607. The maximum atomic E-state index is 10.4. The molecule has 1 aliphatic rings. The molecule has 0 spiro atoms. The highest BCUT2D eigenvalue weighted by molar-refractivity contribution is 5.74. The number of rotatable bonds is 4. The molecule has 7 heteroatoms. The van der Waals surface area contributed by atoms with Crippen molar-refractivity contribution >= 4 is 5.82 Å². The first-order valence-electron chi connectivity index (χ1n) is 10.3. The van der Waals surface area contributed by atoms with Crippen LogP contribution in [-0.4, -0.2) is 49.4 Å². The topological polar surface area (TPSA) is 90.0 Å². The van der Waals surface area contributed by atoms with E-state index in [1.165, 1.54) is 0 Å². The Labute approximate surface area is 177 Å². The zero-order chi connectivity index (χ0) is 21.5. The van der Waals surface area contributed by atoms with E-state index in [0.717, 1.165) is 29.9 Å². The molecule has 7 nitrogen and oxygen atoms in total. The van der Waals surface area contributed by atoms with Gasteiger partial charge in [-0.3, -0.25) is 0 Å². The summed E-state index contributed by atoms with van der Waals surface area (Å²) in [7, 11) is 2.09. The smallest absolute Gasteiger partial charge is 0.151 e. The van der Waals surface area contributed by atoms with Crippen LogP contribution in [0.5, 0.6) is 5.75 Å². The first-order chi connectivity index (χ1) is 14.1. The Morgan fingerprint density at radius 1 is 1.03 bits per heavy atom. The highest BCUT2D eigenvalue weighted by atomic mass is 16.3. The Morgan fingerprint density at radius 2 is 1.77 bits per heavy atom. The lowest BCUT2D eigenvalue weighted by Crippen LogP contribution is -2.62. The van der Waals surface area contributed by atoms with Crippen LogP contribution in [0.1, 0.15) is 40.5 Å². The number of phenols is 1. The molecule has 0 aliphatic carbocycles. The molecule has 3 aromatic rings. The average molecular weight is 407 g/mol. The zero-order valence-electron chi connectivity index (χ0n) is 18.3. The molecule has 0 radical (unpaired) electrons. The number of benzene rings is 1. The molecule has 0 amide bonds. The molecule has 0 bridgehead atoms. The number of aromatic hydroxyl groups is 1. The number of hydrogen-bond donors (Lipinski definition) is 3. The molecule has 3 N–H and O–H groups in total. The minimum absolute atomic E-state index is 0.0624. The number of H-pyrrole nitrogens is 1. The van der Waals surface area contributed by atoms with Crippen molar-refractivity contribution in [2.75, 3.05) is 11.9 Å². The summed E-state index contributed by atoms with van der Waals surface area (Å²) in [5, 5.41) is 23.0. The SMILES string of the molecule is CN(c1ccc(-c2cc(-c3cnc[nH]3)ccc2O)nn1)C1CC(C)(C)NC(C)(C)C1. The minimum atomic E-state index is 0.0624. The summed E-state index contributed by atoms with van der Waals surface area (Å²) >= 11 is 0. The first-order valence-corrected chi connectivity index (χ1v) is 10.3. The molecule has 158 valence electrons. The van der Waals surface area contributed by atoms with Crippen molar-refractivity contribution in [2.24, 2.45) is 0 Å².